The van der Waals surface area contributed by atoms with Gasteiger partial charge in [0.25, 0.3) is 0 Å². The smallest absolute Gasteiger partial charge is 0.306 e. The molecule has 1 unspecified atom stereocenters. The molecule has 1 aliphatic heterocycles. The Morgan fingerprint density at radius 3 is 2.80 bits per heavy atom. The minimum Gasteiger partial charge on any atom is -0.458 e. The van der Waals surface area contributed by atoms with E-state index in [1.807, 2.05) is 42.5 Å². The summed E-state index contributed by atoms with van der Waals surface area (Å²) in [7, 11) is 0. The Labute approximate surface area is 89.6 Å². The summed E-state index contributed by atoms with van der Waals surface area (Å²) in [5.74, 6) is -0.0797. The molecule has 78 valence electrons. The van der Waals surface area contributed by atoms with Crippen LogP contribution in [0.3, 0.4) is 0 Å². The van der Waals surface area contributed by atoms with Crippen LogP contribution in [0.2, 0.25) is 0 Å². The Hall–Kier alpha value is -1.57. The monoisotopic (exact) mass is 202 g/mol. The first-order chi connectivity index (χ1) is 7.34. The van der Waals surface area contributed by atoms with Gasteiger partial charge in [0.15, 0.2) is 0 Å². The quantitative estimate of drug-likeness (QED) is 0.689. The molecule has 0 amide bonds. The van der Waals surface area contributed by atoms with Crippen molar-refractivity contribution in [1.29, 1.82) is 0 Å². The van der Waals surface area contributed by atoms with Crippen molar-refractivity contribution in [1.82, 2.24) is 0 Å². The summed E-state index contributed by atoms with van der Waals surface area (Å²) in [5.41, 5.74) is 1.14. The second-order valence-electron chi connectivity index (χ2n) is 3.69. The first-order valence-corrected chi connectivity index (χ1v) is 5.27. The highest BCUT2D eigenvalue weighted by molar-refractivity contribution is 5.70. The van der Waals surface area contributed by atoms with Crippen LogP contribution in [-0.2, 0) is 9.53 Å². The van der Waals surface area contributed by atoms with Crippen molar-refractivity contribution >= 4 is 12.0 Å². The Morgan fingerprint density at radius 1 is 1.27 bits per heavy atom. The minimum absolute atomic E-state index is 0.0357. The van der Waals surface area contributed by atoms with Crippen LogP contribution >= 0.6 is 0 Å². The lowest BCUT2D eigenvalue weighted by atomic mass is 10.1. The van der Waals surface area contributed by atoms with E-state index in [0.29, 0.717) is 6.42 Å². The van der Waals surface area contributed by atoms with E-state index in [4.69, 9.17) is 4.74 Å². The Morgan fingerprint density at radius 2 is 2.07 bits per heavy atom. The highest BCUT2D eigenvalue weighted by Gasteiger charge is 2.17. The molecule has 2 nitrogen and oxygen atoms in total. The molecule has 1 saturated heterocycles. The Bertz CT molecular complexity index is 354. The molecule has 0 aliphatic carbocycles. The van der Waals surface area contributed by atoms with Gasteiger partial charge in [0.2, 0.25) is 0 Å². The minimum atomic E-state index is -0.0797. The van der Waals surface area contributed by atoms with Crippen molar-refractivity contribution in [2.24, 2.45) is 0 Å². The lowest BCUT2D eigenvalue weighted by molar-refractivity contribution is -0.150. The van der Waals surface area contributed by atoms with Crippen LogP contribution in [0.5, 0.6) is 0 Å². The number of hydrogen-bond acceptors (Lipinski definition) is 2. The highest BCUT2D eigenvalue weighted by Crippen LogP contribution is 2.16. The zero-order valence-corrected chi connectivity index (χ0v) is 8.56. The summed E-state index contributed by atoms with van der Waals surface area (Å²) in [6.45, 7) is 0. The van der Waals surface area contributed by atoms with Crippen molar-refractivity contribution in [3.8, 4) is 0 Å². The number of carbonyl (C=O) groups is 1. The lowest BCUT2D eigenvalue weighted by Crippen LogP contribution is -2.21. The van der Waals surface area contributed by atoms with Crippen LogP contribution in [0.25, 0.3) is 6.08 Å². The predicted octanol–water partition coefficient (Wildman–Crippen LogP) is 2.80. The third kappa shape index (κ3) is 2.94. The van der Waals surface area contributed by atoms with Crippen LogP contribution in [-0.4, -0.2) is 12.1 Å². The maximum absolute atomic E-state index is 11.0. The largest absolute Gasteiger partial charge is 0.458 e. The molecule has 2 heteroatoms. The first kappa shape index (κ1) is 9.97. The normalized spacial score (nSPS) is 21.6. The molecular formula is C13H14O2. The molecule has 1 atom stereocenters. The number of cyclic esters (lactones) is 1. The fourth-order valence-electron chi connectivity index (χ4n) is 1.65. The van der Waals surface area contributed by atoms with E-state index in [1.165, 1.54) is 0 Å². The van der Waals surface area contributed by atoms with Crippen LogP contribution < -0.4 is 0 Å². The maximum atomic E-state index is 11.0. The third-order valence-electron chi connectivity index (χ3n) is 2.46. The van der Waals surface area contributed by atoms with E-state index in [9.17, 15) is 4.79 Å². The number of ether oxygens (including phenoxy) is 1. The van der Waals surface area contributed by atoms with Gasteiger partial charge in [-0.15, -0.1) is 0 Å². The van der Waals surface area contributed by atoms with E-state index < -0.39 is 0 Å². The summed E-state index contributed by atoms with van der Waals surface area (Å²) in [6.07, 6.45) is 6.37. The standard InChI is InChI=1S/C13H14O2/c14-13-8-4-7-12(15-13)10-9-11-5-2-1-3-6-11/h1-3,5-6,9-10,12H,4,7-8H2/b10-9+. The van der Waals surface area contributed by atoms with Gasteiger partial charge < -0.3 is 4.74 Å². The molecule has 0 N–H and O–H groups in total. The number of benzene rings is 1. The van der Waals surface area contributed by atoms with Gasteiger partial charge >= 0.3 is 5.97 Å². The molecule has 0 aromatic heterocycles. The van der Waals surface area contributed by atoms with Crippen LogP contribution in [0, 0.1) is 0 Å². The molecule has 2 rings (SSSR count). The third-order valence-corrected chi connectivity index (χ3v) is 2.46. The van der Waals surface area contributed by atoms with Crippen molar-refractivity contribution in [3.63, 3.8) is 0 Å². The van der Waals surface area contributed by atoms with Crippen molar-refractivity contribution < 1.29 is 9.53 Å². The highest BCUT2D eigenvalue weighted by atomic mass is 16.5. The topological polar surface area (TPSA) is 26.3 Å². The Kier molecular flexibility index (Phi) is 3.18. The van der Waals surface area contributed by atoms with Crippen LogP contribution in [0.15, 0.2) is 36.4 Å². The van der Waals surface area contributed by atoms with Gasteiger partial charge in [-0.1, -0.05) is 36.4 Å². The molecule has 1 aromatic rings. The average Bonchev–Trinajstić information content (AvgIpc) is 2.28. The van der Waals surface area contributed by atoms with Crippen LogP contribution in [0.1, 0.15) is 24.8 Å². The van der Waals surface area contributed by atoms with E-state index in [-0.39, 0.29) is 12.1 Å². The number of hydrogen-bond donors (Lipinski definition) is 0. The van der Waals surface area contributed by atoms with Crippen molar-refractivity contribution in [2.45, 2.75) is 25.4 Å². The molecule has 1 aromatic carbocycles. The number of rotatable bonds is 2. The average molecular weight is 202 g/mol. The van der Waals surface area contributed by atoms with Gasteiger partial charge in [-0.05, 0) is 24.5 Å². The molecule has 0 radical (unpaired) electrons. The molecule has 0 spiro atoms. The number of carbonyl (C=O) groups excluding carboxylic acids is 1. The summed E-state index contributed by atoms with van der Waals surface area (Å²) in [5, 5.41) is 0. The fraction of sp³-hybridized carbons (Fsp3) is 0.308. The molecule has 1 aliphatic rings. The maximum Gasteiger partial charge on any atom is 0.306 e. The fourth-order valence-corrected chi connectivity index (χ4v) is 1.65. The molecule has 15 heavy (non-hydrogen) atoms. The summed E-state index contributed by atoms with van der Waals surface area (Å²) in [6, 6.07) is 10.0. The summed E-state index contributed by atoms with van der Waals surface area (Å²) >= 11 is 0. The number of esters is 1. The zero-order valence-electron chi connectivity index (χ0n) is 8.56. The Balaban J connectivity index is 1.96. The molecule has 1 fully saturated rings. The van der Waals surface area contributed by atoms with Gasteiger partial charge in [-0.3, -0.25) is 4.79 Å². The van der Waals surface area contributed by atoms with Gasteiger partial charge in [0, 0.05) is 6.42 Å². The predicted molar refractivity (Wildman–Crippen MR) is 59.2 cm³/mol. The molecule has 0 saturated carbocycles. The van der Waals surface area contributed by atoms with Gasteiger partial charge in [-0.25, -0.2) is 0 Å². The summed E-state index contributed by atoms with van der Waals surface area (Å²) in [4.78, 5) is 11.0. The van der Waals surface area contributed by atoms with Gasteiger partial charge in [-0.2, -0.15) is 0 Å². The second-order valence-corrected chi connectivity index (χ2v) is 3.69. The second kappa shape index (κ2) is 4.78. The van der Waals surface area contributed by atoms with Gasteiger partial charge in [0.1, 0.15) is 6.10 Å². The zero-order chi connectivity index (χ0) is 10.5. The van der Waals surface area contributed by atoms with Crippen molar-refractivity contribution in [2.75, 3.05) is 0 Å². The van der Waals surface area contributed by atoms with E-state index in [0.717, 1.165) is 18.4 Å². The van der Waals surface area contributed by atoms with Crippen LogP contribution in [0.4, 0.5) is 0 Å². The van der Waals surface area contributed by atoms with E-state index >= 15 is 0 Å². The SMILES string of the molecule is O=C1CCCC(/C=C/c2ccccc2)O1. The first-order valence-electron chi connectivity index (χ1n) is 5.27. The van der Waals surface area contributed by atoms with Crippen molar-refractivity contribution in [3.05, 3.63) is 42.0 Å². The molecular weight excluding hydrogens is 188 g/mol. The molecule has 1 heterocycles. The van der Waals surface area contributed by atoms with E-state index in [1.54, 1.807) is 0 Å². The summed E-state index contributed by atoms with van der Waals surface area (Å²) < 4.78 is 5.18. The lowest BCUT2D eigenvalue weighted by Gasteiger charge is -2.18. The molecule has 0 bridgehead atoms. The van der Waals surface area contributed by atoms with E-state index in [2.05, 4.69) is 0 Å². The van der Waals surface area contributed by atoms with Gasteiger partial charge in [0.05, 0.1) is 0 Å².